The van der Waals surface area contributed by atoms with Gasteiger partial charge in [0.15, 0.2) is 11.5 Å². The third-order valence-electron chi connectivity index (χ3n) is 4.87. The average Bonchev–Trinajstić information content (AvgIpc) is 3.08. The lowest BCUT2D eigenvalue weighted by Gasteiger charge is -2.15. The Bertz CT molecular complexity index is 1120. The van der Waals surface area contributed by atoms with E-state index in [0.29, 0.717) is 28.8 Å². The van der Waals surface area contributed by atoms with Crippen molar-refractivity contribution in [3.05, 3.63) is 70.1 Å². The van der Waals surface area contributed by atoms with Crippen LogP contribution in [-0.2, 0) is 11.4 Å². The molecule has 0 radical (unpaired) electrons. The van der Waals surface area contributed by atoms with Gasteiger partial charge in [-0.15, -0.1) is 0 Å². The summed E-state index contributed by atoms with van der Waals surface area (Å²) in [4.78, 5) is 14.2. The Kier molecular flexibility index (Phi) is 7.43. The Morgan fingerprint density at radius 1 is 1.19 bits per heavy atom. The molecule has 0 unspecified atom stereocenters. The number of aryl methyl sites for hydroxylation is 2. The van der Waals surface area contributed by atoms with E-state index in [4.69, 9.17) is 25.6 Å². The maximum atomic E-state index is 12.3. The maximum absolute atomic E-state index is 12.3. The van der Waals surface area contributed by atoms with E-state index in [9.17, 15) is 4.79 Å². The van der Waals surface area contributed by atoms with E-state index in [2.05, 4.69) is 10.5 Å². The Balaban J connectivity index is 1.65. The molecule has 0 bridgehead atoms. The van der Waals surface area contributed by atoms with Crippen LogP contribution in [0.25, 0.3) is 6.08 Å². The normalized spacial score (nSPS) is 10.9. The quantitative estimate of drug-likeness (QED) is 0.467. The van der Waals surface area contributed by atoms with E-state index >= 15 is 0 Å². The first-order valence-electron chi connectivity index (χ1n) is 9.97. The molecule has 3 rings (SSSR count). The van der Waals surface area contributed by atoms with E-state index in [0.717, 1.165) is 28.3 Å². The first-order valence-corrected chi connectivity index (χ1v) is 10.3. The van der Waals surface area contributed by atoms with Gasteiger partial charge in [0.05, 0.1) is 29.1 Å². The van der Waals surface area contributed by atoms with Crippen LogP contribution in [0.5, 0.6) is 11.5 Å². The summed E-state index contributed by atoms with van der Waals surface area (Å²) in [6.45, 7) is 4.04. The number of amides is 1. The second kappa shape index (κ2) is 10.2. The fourth-order valence-corrected chi connectivity index (χ4v) is 3.42. The molecule has 0 aliphatic carbocycles. The number of halogens is 1. The number of aromatic nitrogens is 1. The van der Waals surface area contributed by atoms with Crippen LogP contribution in [0.1, 0.15) is 22.6 Å². The van der Waals surface area contributed by atoms with Crippen molar-refractivity contribution in [2.45, 2.75) is 20.5 Å². The number of rotatable bonds is 8. The fraction of sp³-hybridized carbons (Fsp3) is 0.250. The van der Waals surface area contributed by atoms with Crippen LogP contribution in [0.4, 0.5) is 11.4 Å². The van der Waals surface area contributed by atoms with Crippen LogP contribution >= 0.6 is 11.6 Å². The van der Waals surface area contributed by atoms with Crippen LogP contribution in [0, 0.1) is 13.8 Å². The molecule has 8 heteroatoms. The molecule has 1 heterocycles. The molecule has 7 nitrogen and oxygen atoms in total. The zero-order chi connectivity index (χ0) is 23.3. The van der Waals surface area contributed by atoms with Crippen LogP contribution < -0.4 is 19.7 Å². The number of nitrogens with zero attached hydrogens (tertiary/aromatic N) is 2. The van der Waals surface area contributed by atoms with Crippen molar-refractivity contribution in [3.8, 4) is 11.5 Å². The van der Waals surface area contributed by atoms with E-state index in [-0.39, 0.29) is 5.91 Å². The molecule has 0 atom stereocenters. The number of carbonyl (C=O) groups is 1. The van der Waals surface area contributed by atoms with Gasteiger partial charge in [0, 0.05) is 25.9 Å². The highest BCUT2D eigenvalue weighted by molar-refractivity contribution is 6.33. The highest BCUT2D eigenvalue weighted by atomic mass is 35.5. The third-order valence-corrected chi connectivity index (χ3v) is 5.17. The van der Waals surface area contributed by atoms with Gasteiger partial charge in [0.1, 0.15) is 12.4 Å². The number of hydrogen-bond donors (Lipinski definition) is 1. The zero-order valence-corrected chi connectivity index (χ0v) is 19.5. The number of benzene rings is 2. The largest absolute Gasteiger partial charge is 0.493 e. The minimum atomic E-state index is -0.267. The van der Waals surface area contributed by atoms with Gasteiger partial charge in [-0.1, -0.05) is 22.8 Å². The van der Waals surface area contributed by atoms with Gasteiger partial charge in [0.2, 0.25) is 5.91 Å². The summed E-state index contributed by atoms with van der Waals surface area (Å²) in [6.07, 6.45) is 3.15. The van der Waals surface area contributed by atoms with E-state index in [1.165, 1.54) is 6.08 Å². The van der Waals surface area contributed by atoms with Gasteiger partial charge in [-0.05, 0) is 55.8 Å². The summed E-state index contributed by atoms with van der Waals surface area (Å²) in [7, 11) is 5.38. The van der Waals surface area contributed by atoms with E-state index in [1.807, 2.05) is 45.0 Å². The van der Waals surface area contributed by atoms with Gasteiger partial charge in [-0.3, -0.25) is 4.79 Å². The van der Waals surface area contributed by atoms with Crippen molar-refractivity contribution in [2.75, 3.05) is 31.4 Å². The second-order valence-electron chi connectivity index (χ2n) is 7.38. The monoisotopic (exact) mass is 455 g/mol. The van der Waals surface area contributed by atoms with Gasteiger partial charge >= 0.3 is 0 Å². The molecule has 1 N–H and O–H groups in total. The molecule has 0 saturated heterocycles. The smallest absolute Gasteiger partial charge is 0.248 e. The predicted octanol–water partition coefficient (Wildman–Crippen LogP) is 5.25. The molecule has 0 saturated carbocycles. The lowest BCUT2D eigenvalue weighted by molar-refractivity contribution is -0.111. The molecule has 168 valence electrons. The Morgan fingerprint density at radius 3 is 2.59 bits per heavy atom. The van der Waals surface area contributed by atoms with Crippen LogP contribution in [0.15, 0.2) is 47.0 Å². The zero-order valence-electron chi connectivity index (χ0n) is 18.7. The van der Waals surface area contributed by atoms with E-state index in [1.54, 1.807) is 37.5 Å². The molecule has 0 spiro atoms. The Hall–Kier alpha value is -3.45. The molecule has 1 amide bonds. The molecule has 0 aliphatic heterocycles. The van der Waals surface area contributed by atoms with Crippen LogP contribution in [-0.4, -0.2) is 32.3 Å². The number of methoxy groups -OCH3 is 1. The summed E-state index contributed by atoms with van der Waals surface area (Å²) in [5.74, 6) is 1.61. The summed E-state index contributed by atoms with van der Waals surface area (Å²) in [5.41, 5.74) is 4.00. The van der Waals surface area contributed by atoms with Crippen molar-refractivity contribution in [1.29, 1.82) is 0 Å². The van der Waals surface area contributed by atoms with Crippen molar-refractivity contribution in [1.82, 2.24) is 5.16 Å². The summed E-state index contributed by atoms with van der Waals surface area (Å²) in [6, 6.07) is 10.8. The minimum absolute atomic E-state index is 0.267. The first kappa shape index (κ1) is 23.2. The number of carbonyl (C=O) groups excluding carboxylic acids is 1. The Morgan fingerprint density at radius 2 is 1.97 bits per heavy atom. The predicted molar refractivity (Wildman–Crippen MR) is 127 cm³/mol. The Labute approximate surface area is 192 Å². The molecule has 0 aliphatic rings. The first-order chi connectivity index (χ1) is 15.3. The van der Waals surface area contributed by atoms with Crippen molar-refractivity contribution in [3.63, 3.8) is 0 Å². The number of anilines is 2. The van der Waals surface area contributed by atoms with Crippen molar-refractivity contribution >= 4 is 35.0 Å². The molecule has 3 aromatic rings. The molecule has 2 aromatic carbocycles. The van der Waals surface area contributed by atoms with Gasteiger partial charge in [-0.2, -0.15) is 0 Å². The highest BCUT2D eigenvalue weighted by Gasteiger charge is 2.12. The molecule has 1 aromatic heterocycles. The second-order valence-corrected chi connectivity index (χ2v) is 7.79. The highest BCUT2D eigenvalue weighted by Crippen LogP contribution is 2.30. The topological polar surface area (TPSA) is 76.8 Å². The van der Waals surface area contributed by atoms with Crippen molar-refractivity contribution < 1.29 is 18.8 Å². The summed E-state index contributed by atoms with van der Waals surface area (Å²) < 4.78 is 16.5. The number of hydrogen-bond acceptors (Lipinski definition) is 6. The lowest BCUT2D eigenvalue weighted by atomic mass is 10.1. The third kappa shape index (κ3) is 5.62. The summed E-state index contributed by atoms with van der Waals surface area (Å²) >= 11 is 6.26. The molecular weight excluding hydrogens is 430 g/mol. The summed E-state index contributed by atoms with van der Waals surface area (Å²) in [5, 5.41) is 7.30. The van der Waals surface area contributed by atoms with Gasteiger partial charge in [-0.25, -0.2) is 0 Å². The number of ether oxygens (including phenoxy) is 2. The SMILES string of the molecule is COc1cc(/C=C/C(=O)Nc2ccc(N(C)C)c(Cl)c2)ccc1OCc1c(C)noc1C. The minimum Gasteiger partial charge on any atom is -0.493 e. The average molecular weight is 456 g/mol. The molecule has 32 heavy (non-hydrogen) atoms. The van der Waals surface area contributed by atoms with Gasteiger partial charge < -0.3 is 24.2 Å². The maximum Gasteiger partial charge on any atom is 0.248 e. The van der Waals surface area contributed by atoms with Gasteiger partial charge in [0.25, 0.3) is 0 Å². The van der Waals surface area contributed by atoms with Crippen LogP contribution in [0.2, 0.25) is 5.02 Å². The molecular formula is C24H26ClN3O4. The standard InChI is InChI=1S/C24H26ClN3O4/c1-15-19(16(2)32-27-15)14-31-22-10-6-17(12-23(22)30-5)7-11-24(29)26-18-8-9-21(28(3)4)20(25)13-18/h6-13H,14H2,1-5H3,(H,26,29)/b11-7+. The molecule has 0 fully saturated rings. The lowest BCUT2D eigenvalue weighted by Crippen LogP contribution is -2.11. The van der Waals surface area contributed by atoms with Crippen molar-refractivity contribution in [2.24, 2.45) is 0 Å². The van der Waals surface area contributed by atoms with Crippen LogP contribution in [0.3, 0.4) is 0 Å². The van der Waals surface area contributed by atoms with E-state index < -0.39 is 0 Å². The number of nitrogens with one attached hydrogen (secondary N) is 1. The fourth-order valence-electron chi connectivity index (χ4n) is 3.07.